The Bertz CT molecular complexity index is 283. The van der Waals surface area contributed by atoms with Crippen LogP contribution in [-0.4, -0.2) is 37.6 Å². The highest BCUT2D eigenvalue weighted by Gasteiger charge is 2.10. The first-order valence-electron chi connectivity index (χ1n) is 7.90. The molecule has 0 aliphatic heterocycles. The fourth-order valence-electron chi connectivity index (χ4n) is 1.92. The van der Waals surface area contributed by atoms with E-state index in [0.717, 1.165) is 31.6 Å². The highest BCUT2D eigenvalue weighted by Crippen LogP contribution is 2.09. The zero-order valence-corrected chi connectivity index (χ0v) is 14.2. The summed E-state index contributed by atoms with van der Waals surface area (Å²) in [6, 6.07) is 0. The van der Waals surface area contributed by atoms with Crippen LogP contribution in [0.3, 0.4) is 0 Å². The van der Waals surface area contributed by atoms with Crippen LogP contribution in [-0.2, 0) is 9.53 Å². The van der Waals surface area contributed by atoms with E-state index in [0.29, 0.717) is 11.8 Å². The van der Waals surface area contributed by atoms with Gasteiger partial charge in [-0.15, -0.1) is 0 Å². The van der Waals surface area contributed by atoms with Crippen molar-refractivity contribution in [2.75, 3.05) is 26.7 Å². The molecule has 0 rings (SSSR count). The van der Waals surface area contributed by atoms with Gasteiger partial charge in [0.25, 0.3) is 0 Å². The molecule has 20 heavy (non-hydrogen) atoms. The predicted molar refractivity (Wildman–Crippen MR) is 85.7 cm³/mol. The maximum atomic E-state index is 11.6. The number of ether oxygens (including phenoxy) is 1. The molecule has 0 saturated heterocycles. The number of carbonyl (C=O) groups excluding carboxylic acids is 1. The molecule has 0 radical (unpaired) electrons. The molecular weight excluding hydrogens is 250 g/mol. The molecule has 0 atom stereocenters. The van der Waals surface area contributed by atoms with Crippen molar-refractivity contribution in [2.24, 2.45) is 11.8 Å². The average Bonchev–Trinajstić information content (AvgIpc) is 2.40. The smallest absolute Gasteiger partial charge is 0.333 e. The van der Waals surface area contributed by atoms with Gasteiger partial charge in [-0.05, 0) is 44.2 Å². The summed E-state index contributed by atoms with van der Waals surface area (Å²) in [6.07, 6.45) is 5.17. The van der Waals surface area contributed by atoms with E-state index >= 15 is 0 Å². The summed E-state index contributed by atoms with van der Waals surface area (Å²) in [4.78, 5) is 14.0. The highest BCUT2D eigenvalue weighted by atomic mass is 16.5. The van der Waals surface area contributed by atoms with E-state index in [2.05, 4.69) is 32.6 Å². The number of carbonyl (C=O) groups is 1. The Kier molecular flexibility index (Phi) is 10.4. The van der Waals surface area contributed by atoms with Crippen molar-refractivity contribution in [1.29, 1.82) is 0 Å². The van der Waals surface area contributed by atoms with E-state index in [1.165, 1.54) is 20.0 Å². The number of esters is 1. The molecular formula is C17H33NO2. The molecule has 0 heterocycles. The van der Waals surface area contributed by atoms with E-state index in [4.69, 9.17) is 4.74 Å². The number of methoxy groups -OCH3 is 1. The molecule has 0 N–H and O–H groups in total. The van der Waals surface area contributed by atoms with Gasteiger partial charge in [-0.2, -0.15) is 0 Å². The Morgan fingerprint density at radius 1 is 1.10 bits per heavy atom. The first kappa shape index (κ1) is 19.2. The minimum Gasteiger partial charge on any atom is -0.466 e. The van der Waals surface area contributed by atoms with Crippen molar-refractivity contribution in [3.05, 3.63) is 11.6 Å². The lowest BCUT2D eigenvalue weighted by Crippen LogP contribution is -2.28. The lowest BCUT2D eigenvalue weighted by Gasteiger charge is -2.23. The largest absolute Gasteiger partial charge is 0.466 e. The fourth-order valence-corrected chi connectivity index (χ4v) is 1.92. The van der Waals surface area contributed by atoms with Crippen molar-refractivity contribution in [2.45, 2.75) is 53.9 Å². The molecule has 0 aliphatic rings. The monoisotopic (exact) mass is 283 g/mol. The standard InChI is InChI=1S/C17H33NO2/c1-7-16(17(19)20-6)10-13-18(11-8-14(2)3)12-9-15(4)5/h10,14-15H,7-9,11-13H2,1-6H3. The van der Waals surface area contributed by atoms with E-state index in [1.807, 2.05) is 13.0 Å². The number of nitrogens with zero attached hydrogens (tertiary/aromatic N) is 1. The first-order chi connectivity index (χ1) is 9.40. The van der Waals surface area contributed by atoms with Gasteiger partial charge in [0.05, 0.1) is 7.11 Å². The van der Waals surface area contributed by atoms with Crippen LogP contribution in [0.1, 0.15) is 53.9 Å². The van der Waals surface area contributed by atoms with E-state index in [9.17, 15) is 4.79 Å². The summed E-state index contributed by atoms with van der Waals surface area (Å²) >= 11 is 0. The van der Waals surface area contributed by atoms with Crippen molar-refractivity contribution >= 4 is 5.97 Å². The van der Waals surface area contributed by atoms with Gasteiger partial charge < -0.3 is 4.74 Å². The van der Waals surface area contributed by atoms with E-state index in [1.54, 1.807) is 0 Å². The van der Waals surface area contributed by atoms with Crippen LogP contribution >= 0.6 is 0 Å². The minimum atomic E-state index is -0.194. The Labute approximate surface area is 125 Å². The van der Waals surface area contributed by atoms with Gasteiger partial charge in [0.1, 0.15) is 0 Å². The van der Waals surface area contributed by atoms with Gasteiger partial charge in [0.15, 0.2) is 0 Å². The molecule has 0 bridgehead atoms. The SMILES string of the molecule is CCC(=CCN(CCC(C)C)CCC(C)C)C(=O)OC. The zero-order valence-electron chi connectivity index (χ0n) is 14.2. The van der Waals surface area contributed by atoms with Crippen molar-refractivity contribution < 1.29 is 9.53 Å². The molecule has 3 nitrogen and oxygen atoms in total. The zero-order chi connectivity index (χ0) is 15.5. The predicted octanol–water partition coefficient (Wildman–Crippen LogP) is 3.89. The van der Waals surface area contributed by atoms with Crippen molar-refractivity contribution in [3.63, 3.8) is 0 Å². The topological polar surface area (TPSA) is 29.5 Å². The lowest BCUT2D eigenvalue weighted by molar-refractivity contribution is -0.136. The normalized spacial score (nSPS) is 12.6. The summed E-state index contributed by atoms with van der Waals surface area (Å²) < 4.78 is 4.81. The Morgan fingerprint density at radius 2 is 1.60 bits per heavy atom. The third-order valence-electron chi connectivity index (χ3n) is 3.47. The third-order valence-corrected chi connectivity index (χ3v) is 3.47. The van der Waals surface area contributed by atoms with Crippen molar-refractivity contribution in [3.8, 4) is 0 Å². The van der Waals surface area contributed by atoms with Gasteiger partial charge in [-0.1, -0.05) is 40.7 Å². The molecule has 3 heteroatoms. The van der Waals surface area contributed by atoms with Gasteiger partial charge in [0, 0.05) is 12.1 Å². The maximum absolute atomic E-state index is 11.6. The summed E-state index contributed by atoms with van der Waals surface area (Å²) in [6.45, 7) is 14.0. The molecule has 0 spiro atoms. The maximum Gasteiger partial charge on any atom is 0.333 e. The third kappa shape index (κ3) is 9.13. The lowest BCUT2D eigenvalue weighted by atomic mass is 10.1. The second kappa shape index (κ2) is 10.9. The second-order valence-corrected chi connectivity index (χ2v) is 6.24. The van der Waals surface area contributed by atoms with Gasteiger partial charge in [-0.3, -0.25) is 4.90 Å². The average molecular weight is 283 g/mol. The number of hydrogen-bond donors (Lipinski definition) is 0. The van der Waals surface area contributed by atoms with Crippen LogP contribution in [0.2, 0.25) is 0 Å². The quantitative estimate of drug-likeness (QED) is 0.450. The highest BCUT2D eigenvalue weighted by molar-refractivity contribution is 5.88. The van der Waals surface area contributed by atoms with Crippen LogP contribution in [0, 0.1) is 11.8 Å². The fraction of sp³-hybridized carbons (Fsp3) is 0.824. The van der Waals surface area contributed by atoms with E-state index < -0.39 is 0 Å². The summed E-state index contributed by atoms with van der Waals surface area (Å²) in [5, 5.41) is 0. The molecule has 0 aromatic heterocycles. The summed E-state index contributed by atoms with van der Waals surface area (Å²) in [5.74, 6) is 1.23. The van der Waals surface area contributed by atoms with Crippen LogP contribution in [0.5, 0.6) is 0 Å². The molecule has 118 valence electrons. The number of hydrogen-bond acceptors (Lipinski definition) is 3. The first-order valence-corrected chi connectivity index (χ1v) is 7.90. The van der Waals surface area contributed by atoms with Crippen molar-refractivity contribution in [1.82, 2.24) is 4.90 Å². The summed E-state index contributed by atoms with van der Waals surface area (Å²) in [5.41, 5.74) is 0.784. The second-order valence-electron chi connectivity index (χ2n) is 6.24. The Morgan fingerprint density at radius 3 is 1.95 bits per heavy atom. The molecule has 0 fully saturated rings. The molecule has 0 aromatic carbocycles. The summed E-state index contributed by atoms with van der Waals surface area (Å²) in [7, 11) is 1.45. The Balaban J connectivity index is 4.51. The minimum absolute atomic E-state index is 0.194. The molecule has 0 amide bonds. The van der Waals surface area contributed by atoms with Gasteiger partial charge >= 0.3 is 5.97 Å². The molecule has 0 saturated carbocycles. The van der Waals surface area contributed by atoms with Crippen LogP contribution in [0.15, 0.2) is 11.6 Å². The molecule has 0 aromatic rings. The van der Waals surface area contributed by atoms with Gasteiger partial charge in [0.2, 0.25) is 0 Å². The van der Waals surface area contributed by atoms with Gasteiger partial charge in [-0.25, -0.2) is 4.79 Å². The molecule has 0 aliphatic carbocycles. The van der Waals surface area contributed by atoms with Crippen LogP contribution in [0.25, 0.3) is 0 Å². The Hall–Kier alpha value is -0.830. The van der Waals surface area contributed by atoms with Crippen LogP contribution in [0.4, 0.5) is 0 Å². The van der Waals surface area contributed by atoms with E-state index in [-0.39, 0.29) is 5.97 Å². The number of rotatable bonds is 10. The van der Waals surface area contributed by atoms with Crippen LogP contribution < -0.4 is 0 Å². The molecule has 0 unspecified atom stereocenters.